The quantitative estimate of drug-likeness (QED) is 0.256. The van der Waals surface area contributed by atoms with Gasteiger partial charge in [0, 0.05) is 13.0 Å². The maximum absolute atomic E-state index is 13.3. The Labute approximate surface area is 240 Å². The number of carbonyl (C=O) groups excluding carboxylic acids is 5. The molecule has 0 saturated heterocycles. The summed E-state index contributed by atoms with van der Waals surface area (Å²) in [5.41, 5.74) is 1.42. The van der Waals surface area contributed by atoms with Gasteiger partial charge in [0.05, 0.1) is 13.2 Å². The molecule has 0 radical (unpaired) electrons. The van der Waals surface area contributed by atoms with Gasteiger partial charge in [0.1, 0.15) is 29.7 Å². The summed E-state index contributed by atoms with van der Waals surface area (Å²) in [5, 5.41) is 10.6. The molecule has 0 aliphatic heterocycles. The standard InChI is InChI=1S/C30H40N4O7/c1-19(2)25(17-35)33-28(38)26(22-11-13-23(40-6)14-12-22)34-27(37)24(32-18-36)15-20-7-9-21(10-8-20)16-31-29(39)41-30(3,4)5/h7-14,17-19,24-26H,15-16H2,1-6H3,(H,31,39)(H,32,36)(H,33,38)(H,34,37)/t24-,25+,26?/m0/s1. The summed E-state index contributed by atoms with van der Waals surface area (Å²) in [7, 11) is 1.51. The lowest BCUT2D eigenvalue weighted by Gasteiger charge is -2.25. The van der Waals surface area contributed by atoms with Crippen LogP contribution in [0.2, 0.25) is 0 Å². The number of hydrogen-bond acceptors (Lipinski definition) is 7. The van der Waals surface area contributed by atoms with Crippen LogP contribution in [0.4, 0.5) is 4.79 Å². The maximum atomic E-state index is 13.3. The lowest BCUT2D eigenvalue weighted by molar-refractivity contribution is -0.132. The summed E-state index contributed by atoms with van der Waals surface area (Å²) >= 11 is 0. The van der Waals surface area contributed by atoms with Gasteiger partial charge in [-0.3, -0.25) is 14.4 Å². The number of benzene rings is 2. The molecule has 3 atom stereocenters. The van der Waals surface area contributed by atoms with Gasteiger partial charge in [-0.1, -0.05) is 50.2 Å². The fourth-order valence-corrected chi connectivity index (χ4v) is 3.77. The maximum Gasteiger partial charge on any atom is 0.407 e. The van der Waals surface area contributed by atoms with E-state index in [2.05, 4.69) is 21.3 Å². The lowest BCUT2D eigenvalue weighted by Crippen LogP contribution is -2.51. The number of aldehydes is 1. The second kappa shape index (κ2) is 15.4. The van der Waals surface area contributed by atoms with Crippen molar-refractivity contribution >= 4 is 30.6 Å². The molecular weight excluding hydrogens is 528 g/mol. The zero-order valence-electron chi connectivity index (χ0n) is 24.4. The number of rotatable bonds is 14. The Morgan fingerprint density at radius 2 is 1.49 bits per heavy atom. The number of ether oxygens (including phenoxy) is 2. The van der Waals surface area contributed by atoms with Crippen LogP contribution in [0, 0.1) is 5.92 Å². The number of amides is 4. The summed E-state index contributed by atoms with van der Waals surface area (Å²) < 4.78 is 10.4. The first-order chi connectivity index (χ1) is 19.4. The Bertz CT molecular complexity index is 1170. The van der Waals surface area contributed by atoms with E-state index in [-0.39, 0.29) is 18.9 Å². The first kappa shape index (κ1) is 32.8. The molecule has 0 spiro atoms. The molecule has 0 fully saturated rings. The number of methoxy groups -OCH3 is 1. The van der Waals surface area contributed by atoms with Gasteiger partial charge >= 0.3 is 6.09 Å². The smallest absolute Gasteiger partial charge is 0.407 e. The van der Waals surface area contributed by atoms with Crippen molar-refractivity contribution in [3.8, 4) is 5.75 Å². The SMILES string of the molecule is COc1ccc(C(NC(=O)[C@H](Cc2ccc(CNC(=O)OC(C)(C)C)cc2)NC=O)C(=O)N[C@H](C=O)C(C)C)cc1. The molecule has 11 nitrogen and oxygen atoms in total. The minimum atomic E-state index is -1.13. The molecule has 41 heavy (non-hydrogen) atoms. The van der Waals surface area contributed by atoms with E-state index < -0.39 is 41.6 Å². The summed E-state index contributed by atoms with van der Waals surface area (Å²) in [5.74, 6) is -0.746. The van der Waals surface area contributed by atoms with Crippen molar-refractivity contribution in [1.82, 2.24) is 21.3 Å². The lowest BCUT2D eigenvalue weighted by atomic mass is 10.0. The molecule has 0 aromatic heterocycles. The number of hydrogen-bond donors (Lipinski definition) is 4. The van der Waals surface area contributed by atoms with Crippen LogP contribution in [-0.2, 0) is 36.9 Å². The van der Waals surface area contributed by atoms with Crippen LogP contribution in [0.25, 0.3) is 0 Å². The van der Waals surface area contributed by atoms with Gasteiger partial charge < -0.3 is 35.5 Å². The molecule has 1 unspecified atom stereocenters. The molecule has 222 valence electrons. The van der Waals surface area contributed by atoms with Crippen molar-refractivity contribution in [1.29, 1.82) is 0 Å². The van der Waals surface area contributed by atoms with Crippen LogP contribution in [0.5, 0.6) is 5.75 Å². The summed E-state index contributed by atoms with van der Waals surface area (Å²) in [4.78, 5) is 61.3. The van der Waals surface area contributed by atoms with E-state index in [0.29, 0.717) is 24.0 Å². The summed E-state index contributed by atoms with van der Waals surface area (Å²) in [6.45, 7) is 9.18. The van der Waals surface area contributed by atoms with Crippen LogP contribution in [0.15, 0.2) is 48.5 Å². The van der Waals surface area contributed by atoms with Gasteiger partial charge in [-0.25, -0.2) is 4.79 Å². The van der Waals surface area contributed by atoms with E-state index in [1.807, 2.05) is 0 Å². The van der Waals surface area contributed by atoms with Crippen LogP contribution in [0.3, 0.4) is 0 Å². The second-order valence-electron chi connectivity index (χ2n) is 10.8. The Balaban J connectivity index is 2.16. The monoisotopic (exact) mass is 568 g/mol. The average Bonchev–Trinajstić information content (AvgIpc) is 2.92. The van der Waals surface area contributed by atoms with E-state index in [0.717, 1.165) is 11.1 Å². The molecular formula is C30H40N4O7. The van der Waals surface area contributed by atoms with Gasteiger partial charge in [0.25, 0.3) is 0 Å². The Morgan fingerprint density at radius 1 is 0.878 bits per heavy atom. The van der Waals surface area contributed by atoms with Crippen LogP contribution in [-0.4, -0.2) is 55.4 Å². The highest BCUT2D eigenvalue weighted by atomic mass is 16.6. The van der Waals surface area contributed by atoms with Gasteiger partial charge in [0.15, 0.2) is 0 Å². The van der Waals surface area contributed by atoms with Crippen LogP contribution < -0.4 is 26.0 Å². The molecule has 0 saturated carbocycles. The zero-order valence-corrected chi connectivity index (χ0v) is 24.4. The van der Waals surface area contributed by atoms with Crippen molar-refractivity contribution < 1.29 is 33.4 Å². The molecule has 4 N–H and O–H groups in total. The van der Waals surface area contributed by atoms with E-state index in [9.17, 15) is 24.0 Å². The third-order valence-corrected chi connectivity index (χ3v) is 6.06. The Kier molecular flexibility index (Phi) is 12.3. The van der Waals surface area contributed by atoms with Gasteiger partial charge in [0.2, 0.25) is 18.2 Å². The van der Waals surface area contributed by atoms with Crippen molar-refractivity contribution in [3.05, 3.63) is 65.2 Å². The first-order valence-electron chi connectivity index (χ1n) is 13.3. The average molecular weight is 569 g/mol. The zero-order chi connectivity index (χ0) is 30.6. The number of carbonyl (C=O) groups is 5. The molecule has 11 heteroatoms. The molecule has 0 aliphatic carbocycles. The minimum Gasteiger partial charge on any atom is -0.497 e. The molecule has 2 aromatic carbocycles. The second-order valence-corrected chi connectivity index (χ2v) is 10.8. The number of nitrogens with one attached hydrogen (secondary N) is 4. The van der Waals surface area contributed by atoms with Crippen molar-refractivity contribution in [2.24, 2.45) is 5.92 Å². The highest BCUT2D eigenvalue weighted by molar-refractivity contribution is 5.92. The van der Waals surface area contributed by atoms with E-state index in [4.69, 9.17) is 9.47 Å². The van der Waals surface area contributed by atoms with Crippen LogP contribution >= 0.6 is 0 Å². The first-order valence-corrected chi connectivity index (χ1v) is 13.3. The molecule has 0 aliphatic rings. The predicted octanol–water partition coefficient (Wildman–Crippen LogP) is 2.57. The van der Waals surface area contributed by atoms with E-state index in [1.165, 1.54) is 7.11 Å². The normalized spacial score (nSPS) is 13.2. The molecule has 4 amide bonds. The summed E-state index contributed by atoms with van der Waals surface area (Å²) in [6, 6.07) is 10.9. The van der Waals surface area contributed by atoms with Crippen molar-refractivity contribution in [2.75, 3.05) is 7.11 Å². The largest absolute Gasteiger partial charge is 0.497 e. The van der Waals surface area contributed by atoms with Gasteiger partial charge in [-0.05, 0) is 55.5 Å². The fourth-order valence-electron chi connectivity index (χ4n) is 3.77. The summed E-state index contributed by atoms with van der Waals surface area (Å²) in [6.07, 6.45) is 0.688. The van der Waals surface area contributed by atoms with Crippen molar-refractivity contribution in [3.63, 3.8) is 0 Å². The van der Waals surface area contributed by atoms with Gasteiger partial charge in [-0.2, -0.15) is 0 Å². The topological polar surface area (TPSA) is 152 Å². The molecule has 0 bridgehead atoms. The molecule has 2 aromatic rings. The highest BCUT2D eigenvalue weighted by Gasteiger charge is 2.29. The fraction of sp³-hybridized carbons (Fsp3) is 0.433. The molecule has 0 heterocycles. The third kappa shape index (κ3) is 10.9. The van der Waals surface area contributed by atoms with Crippen LogP contribution in [0.1, 0.15) is 57.4 Å². The minimum absolute atomic E-state index is 0.143. The van der Waals surface area contributed by atoms with Gasteiger partial charge in [-0.15, -0.1) is 0 Å². The third-order valence-electron chi connectivity index (χ3n) is 6.06. The van der Waals surface area contributed by atoms with E-state index >= 15 is 0 Å². The highest BCUT2D eigenvalue weighted by Crippen LogP contribution is 2.19. The predicted molar refractivity (Wildman–Crippen MR) is 153 cm³/mol. The molecule has 2 rings (SSSR count). The number of alkyl carbamates (subject to hydrolysis) is 1. The Morgan fingerprint density at radius 3 is 2.00 bits per heavy atom. The van der Waals surface area contributed by atoms with E-state index in [1.54, 1.807) is 83.1 Å². The van der Waals surface area contributed by atoms with Crippen molar-refractivity contribution in [2.45, 2.75) is 71.3 Å². The Hall–Kier alpha value is -4.41.